The number of anilines is 1. The van der Waals surface area contributed by atoms with Crippen LogP contribution in [0.2, 0.25) is 10.0 Å². The molecule has 0 unspecified atom stereocenters. The molecule has 1 N–H and O–H groups in total. The number of aromatic nitrogens is 1. The van der Waals surface area contributed by atoms with E-state index in [2.05, 4.69) is 17.2 Å². The molecule has 0 spiro atoms. The fourth-order valence-electron chi connectivity index (χ4n) is 2.44. The lowest BCUT2D eigenvalue weighted by Gasteiger charge is -2.15. The molecule has 1 heterocycles. The van der Waals surface area contributed by atoms with Crippen LogP contribution in [-0.2, 0) is 12.8 Å². The maximum atomic E-state index is 12.3. The highest BCUT2D eigenvalue weighted by Gasteiger charge is 2.21. The smallest absolute Gasteiger partial charge is 0.259 e. The molecule has 0 saturated heterocycles. The topological polar surface area (TPSA) is 42.0 Å². The Labute approximate surface area is 137 Å². The van der Waals surface area contributed by atoms with Gasteiger partial charge in [0.15, 0.2) is 5.13 Å². The average Bonchev–Trinajstić information content (AvgIpc) is 2.83. The van der Waals surface area contributed by atoms with Gasteiger partial charge in [0.05, 0.1) is 21.3 Å². The largest absolute Gasteiger partial charge is 0.298 e. The fraction of sp³-hybridized carbons (Fsp3) is 0.333. The molecule has 0 saturated carbocycles. The molecule has 21 heavy (non-hydrogen) atoms. The summed E-state index contributed by atoms with van der Waals surface area (Å²) in [7, 11) is 0. The van der Waals surface area contributed by atoms with Crippen molar-refractivity contribution < 1.29 is 4.79 Å². The van der Waals surface area contributed by atoms with Gasteiger partial charge in [-0.3, -0.25) is 10.1 Å². The van der Waals surface area contributed by atoms with Crippen LogP contribution in [0.1, 0.15) is 34.3 Å². The van der Waals surface area contributed by atoms with Crippen LogP contribution in [0.15, 0.2) is 18.2 Å². The van der Waals surface area contributed by atoms with Gasteiger partial charge in [-0.25, -0.2) is 4.98 Å². The number of thiazole rings is 1. The van der Waals surface area contributed by atoms with E-state index >= 15 is 0 Å². The minimum absolute atomic E-state index is 0.270. The highest BCUT2D eigenvalue weighted by molar-refractivity contribution is 7.15. The monoisotopic (exact) mass is 340 g/mol. The van der Waals surface area contributed by atoms with E-state index in [0.29, 0.717) is 21.6 Å². The van der Waals surface area contributed by atoms with Gasteiger partial charge in [0.1, 0.15) is 0 Å². The highest BCUT2D eigenvalue weighted by Crippen LogP contribution is 2.33. The molecule has 0 bridgehead atoms. The number of halogens is 2. The van der Waals surface area contributed by atoms with Crippen molar-refractivity contribution in [1.82, 2.24) is 4.98 Å². The number of aryl methyl sites for hydroxylation is 1. The predicted molar refractivity (Wildman–Crippen MR) is 87.7 cm³/mol. The summed E-state index contributed by atoms with van der Waals surface area (Å²) in [5, 5.41) is 4.10. The first-order valence-electron chi connectivity index (χ1n) is 6.78. The summed E-state index contributed by atoms with van der Waals surface area (Å²) in [4.78, 5) is 18.1. The molecule has 1 aliphatic carbocycles. The van der Waals surface area contributed by atoms with Crippen LogP contribution in [0.25, 0.3) is 0 Å². The maximum Gasteiger partial charge on any atom is 0.259 e. The van der Waals surface area contributed by atoms with Crippen molar-refractivity contribution in [3.63, 3.8) is 0 Å². The number of rotatable bonds is 2. The van der Waals surface area contributed by atoms with Crippen molar-refractivity contribution in [2.45, 2.75) is 26.2 Å². The molecule has 3 nitrogen and oxygen atoms in total. The number of nitrogens with one attached hydrogen (secondary N) is 1. The molecule has 3 rings (SSSR count). The lowest BCUT2D eigenvalue weighted by Crippen LogP contribution is -2.12. The van der Waals surface area contributed by atoms with Crippen molar-refractivity contribution in [3.8, 4) is 0 Å². The van der Waals surface area contributed by atoms with Crippen LogP contribution in [0, 0.1) is 5.92 Å². The van der Waals surface area contributed by atoms with Crippen LogP contribution < -0.4 is 5.32 Å². The van der Waals surface area contributed by atoms with Crippen LogP contribution in [0.4, 0.5) is 5.13 Å². The van der Waals surface area contributed by atoms with Crippen molar-refractivity contribution in [2.75, 3.05) is 5.32 Å². The Kier molecular flexibility index (Phi) is 4.20. The minimum Gasteiger partial charge on any atom is -0.298 e. The standard InChI is InChI=1S/C15H14Cl2N2OS/c1-8-5-6-11-12(7-8)21-15(18-11)19-14(20)9-3-2-4-10(16)13(9)17/h2-4,8H,5-7H2,1H3,(H,18,19,20)/t8-/m0/s1. The number of hydrogen-bond donors (Lipinski definition) is 1. The molecule has 1 amide bonds. The highest BCUT2D eigenvalue weighted by atomic mass is 35.5. The summed E-state index contributed by atoms with van der Waals surface area (Å²) < 4.78 is 0. The Hall–Kier alpha value is -1.10. The molecular formula is C15H14Cl2N2OS. The molecular weight excluding hydrogens is 327 g/mol. The zero-order valence-corrected chi connectivity index (χ0v) is 13.8. The van der Waals surface area contributed by atoms with Crippen molar-refractivity contribution >= 4 is 45.6 Å². The van der Waals surface area contributed by atoms with Gasteiger partial charge in [-0.15, -0.1) is 11.3 Å². The van der Waals surface area contributed by atoms with E-state index in [4.69, 9.17) is 23.2 Å². The third-order valence-electron chi connectivity index (χ3n) is 3.60. The average molecular weight is 341 g/mol. The van der Waals surface area contributed by atoms with Crippen molar-refractivity contribution in [1.29, 1.82) is 0 Å². The lowest BCUT2D eigenvalue weighted by atomic mass is 9.93. The Bertz CT molecular complexity index is 699. The Balaban J connectivity index is 1.81. The number of fused-ring (bicyclic) bond motifs is 1. The van der Waals surface area contributed by atoms with Gasteiger partial charge in [-0.2, -0.15) is 0 Å². The molecule has 0 aliphatic heterocycles. The van der Waals surface area contributed by atoms with Crippen LogP contribution in [0.5, 0.6) is 0 Å². The first kappa shape index (κ1) is 14.8. The quantitative estimate of drug-likeness (QED) is 0.850. The van der Waals surface area contributed by atoms with Gasteiger partial charge >= 0.3 is 0 Å². The molecule has 1 aliphatic rings. The van der Waals surface area contributed by atoms with E-state index in [9.17, 15) is 4.79 Å². The second kappa shape index (κ2) is 5.95. The fourth-order valence-corrected chi connectivity index (χ4v) is 3.99. The third-order valence-corrected chi connectivity index (χ3v) is 5.46. The number of carbonyl (C=O) groups excluding carboxylic acids is 1. The Morgan fingerprint density at radius 2 is 2.24 bits per heavy atom. The number of nitrogens with zero attached hydrogens (tertiary/aromatic N) is 1. The zero-order chi connectivity index (χ0) is 15.0. The summed E-state index contributed by atoms with van der Waals surface area (Å²) in [6.45, 7) is 2.24. The van der Waals surface area contributed by atoms with E-state index in [1.165, 1.54) is 4.88 Å². The molecule has 2 aromatic rings. The Morgan fingerprint density at radius 3 is 3.05 bits per heavy atom. The summed E-state index contributed by atoms with van der Waals surface area (Å²) in [6, 6.07) is 5.01. The third kappa shape index (κ3) is 3.07. The van der Waals surface area contributed by atoms with Gasteiger partial charge in [0, 0.05) is 4.88 Å². The molecule has 110 valence electrons. The molecule has 0 radical (unpaired) electrons. The Morgan fingerprint density at radius 1 is 1.43 bits per heavy atom. The minimum atomic E-state index is -0.276. The predicted octanol–water partition coefficient (Wildman–Crippen LogP) is 4.83. The first-order chi connectivity index (χ1) is 10.0. The van der Waals surface area contributed by atoms with Gasteiger partial charge < -0.3 is 0 Å². The second-order valence-corrected chi connectivity index (χ2v) is 7.16. The number of benzene rings is 1. The van der Waals surface area contributed by atoms with Crippen molar-refractivity contribution in [2.24, 2.45) is 5.92 Å². The normalized spacial score (nSPS) is 17.4. The number of amides is 1. The number of hydrogen-bond acceptors (Lipinski definition) is 3. The molecule has 1 aromatic heterocycles. The summed E-state index contributed by atoms with van der Waals surface area (Å²) >= 11 is 13.6. The SMILES string of the molecule is C[C@H]1CCc2nc(NC(=O)c3cccc(Cl)c3Cl)sc2C1. The summed E-state index contributed by atoms with van der Waals surface area (Å²) in [5.74, 6) is 0.408. The van der Waals surface area contributed by atoms with E-state index in [1.54, 1.807) is 29.5 Å². The zero-order valence-electron chi connectivity index (χ0n) is 11.5. The first-order valence-corrected chi connectivity index (χ1v) is 8.35. The van der Waals surface area contributed by atoms with Crippen LogP contribution in [0.3, 0.4) is 0 Å². The summed E-state index contributed by atoms with van der Waals surface area (Å²) in [5.41, 5.74) is 1.48. The van der Waals surface area contributed by atoms with E-state index in [-0.39, 0.29) is 10.9 Å². The van der Waals surface area contributed by atoms with Crippen molar-refractivity contribution in [3.05, 3.63) is 44.4 Å². The molecule has 0 fully saturated rings. The van der Waals surface area contributed by atoms with E-state index in [1.807, 2.05) is 0 Å². The number of carbonyl (C=O) groups is 1. The van der Waals surface area contributed by atoms with E-state index in [0.717, 1.165) is 25.0 Å². The maximum absolute atomic E-state index is 12.3. The second-order valence-electron chi connectivity index (χ2n) is 5.29. The van der Waals surface area contributed by atoms with Crippen LogP contribution >= 0.6 is 34.5 Å². The summed E-state index contributed by atoms with van der Waals surface area (Å²) in [6.07, 6.45) is 3.19. The van der Waals surface area contributed by atoms with Gasteiger partial charge in [-0.1, -0.05) is 36.2 Å². The molecule has 1 atom stereocenters. The van der Waals surface area contributed by atoms with Crippen LogP contribution in [-0.4, -0.2) is 10.9 Å². The van der Waals surface area contributed by atoms with Gasteiger partial charge in [-0.05, 0) is 37.3 Å². The molecule has 1 aromatic carbocycles. The van der Waals surface area contributed by atoms with Gasteiger partial charge in [0.2, 0.25) is 0 Å². The van der Waals surface area contributed by atoms with E-state index < -0.39 is 0 Å². The van der Waals surface area contributed by atoms with Gasteiger partial charge in [0.25, 0.3) is 5.91 Å². The molecule has 6 heteroatoms. The lowest BCUT2D eigenvalue weighted by molar-refractivity contribution is 0.102.